The van der Waals surface area contributed by atoms with Gasteiger partial charge in [0, 0.05) is 0 Å². The number of benzene rings is 2. The predicted octanol–water partition coefficient (Wildman–Crippen LogP) is 4.55. The average Bonchev–Trinajstić information content (AvgIpc) is 2.43. The lowest BCUT2D eigenvalue weighted by Crippen LogP contribution is -2.24. The van der Waals surface area contributed by atoms with Crippen molar-refractivity contribution in [2.45, 2.75) is 0 Å². The average molecular weight is 330 g/mol. The van der Waals surface area contributed by atoms with Gasteiger partial charge in [0.05, 0.1) is 15.7 Å². The van der Waals surface area contributed by atoms with Crippen molar-refractivity contribution >= 4 is 47.8 Å². The molecule has 0 aromatic heterocycles. The molecule has 2 aromatic rings. The minimum absolute atomic E-state index is 0.0385. The summed E-state index contributed by atoms with van der Waals surface area (Å²) in [6, 6.07) is 10.7. The molecule has 0 aliphatic carbocycles. The monoisotopic (exact) mass is 329 g/mol. The van der Waals surface area contributed by atoms with Crippen LogP contribution >= 0.6 is 36.0 Å². The van der Waals surface area contributed by atoms with Gasteiger partial charge < -0.3 is 9.84 Å². The number of carbonyl (C=O) groups is 1. The van der Waals surface area contributed by atoms with Gasteiger partial charge in [0.15, 0.2) is 11.5 Å². The third kappa shape index (κ3) is 3.30. The number of amides is 1. The van der Waals surface area contributed by atoms with E-state index < -0.39 is 6.09 Å². The van der Waals surface area contributed by atoms with E-state index in [-0.39, 0.29) is 11.5 Å². The SMILES string of the molecule is O=C(Oc1ccccc1O)N(S)c1ccc(Cl)c(Cl)c1. The lowest BCUT2D eigenvalue weighted by atomic mass is 10.3. The quantitative estimate of drug-likeness (QED) is 0.794. The number of halogens is 2. The van der Waals surface area contributed by atoms with Crippen LogP contribution in [-0.4, -0.2) is 11.2 Å². The van der Waals surface area contributed by atoms with E-state index in [1.165, 1.54) is 24.3 Å². The van der Waals surface area contributed by atoms with Crippen molar-refractivity contribution in [3.05, 3.63) is 52.5 Å². The summed E-state index contributed by atoms with van der Waals surface area (Å²) in [7, 11) is 0. The van der Waals surface area contributed by atoms with Crippen LogP contribution < -0.4 is 9.04 Å². The maximum atomic E-state index is 11.9. The molecular weight excluding hydrogens is 321 g/mol. The summed E-state index contributed by atoms with van der Waals surface area (Å²) in [6.45, 7) is 0. The normalized spacial score (nSPS) is 10.2. The van der Waals surface area contributed by atoms with Gasteiger partial charge in [-0.15, -0.1) is 0 Å². The second-order valence-corrected chi connectivity index (χ2v) is 4.96. The molecule has 4 nitrogen and oxygen atoms in total. The van der Waals surface area contributed by atoms with Crippen molar-refractivity contribution in [3.63, 3.8) is 0 Å². The highest BCUT2D eigenvalue weighted by Crippen LogP contribution is 2.30. The number of phenols is 1. The minimum atomic E-state index is -0.784. The second kappa shape index (κ2) is 6.26. The fraction of sp³-hybridized carbons (Fsp3) is 0. The van der Waals surface area contributed by atoms with E-state index in [4.69, 9.17) is 27.9 Å². The first-order chi connectivity index (χ1) is 9.49. The van der Waals surface area contributed by atoms with E-state index in [2.05, 4.69) is 12.8 Å². The Balaban J connectivity index is 2.16. The number of aromatic hydroxyl groups is 1. The number of hydrogen-bond acceptors (Lipinski definition) is 4. The summed E-state index contributed by atoms with van der Waals surface area (Å²) in [5, 5.41) is 10.2. The molecule has 104 valence electrons. The Morgan fingerprint density at radius 2 is 1.85 bits per heavy atom. The maximum Gasteiger partial charge on any atom is 0.430 e. The van der Waals surface area contributed by atoms with E-state index in [1.807, 2.05) is 0 Å². The van der Waals surface area contributed by atoms with Crippen LogP contribution in [0.5, 0.6) is 11.5 Å². The minimum Gasteiger partial charge on any atom is -0.504 e. The molecule has 0 bridgehead atoms. The van der Waals surface area contributed by atoms with Crippen LogP contribution in [-0.2, 0) is 0 Å². The van der Waals surface area contributed by atoms with Crippen LogP contribution in [0.4, 0.5) is 10.5 Å². The molecule has 0 saturated heterocycles. The smallest absolute Gasteiger partial charge is 0.430 e. The zero-order valence-electron chi connectivity index (χ0n) is 9.96. The van der Waals surface area contributed by atoms with Crippen molar-refractivity contribution in [1.29, 1.82) is 0 Å². The molecule has 0 heterocycles. The third-order valence-corrected chi connectivity index (χ3v) is 3.52. The third-order valence-electron chi connectivity index (χ3n) is 2.38. The summed E-state index contributed by atoms with van der Waals surface area (Å²) in [4.78, 5) is 11.9. The first-order valence-corrected chi connectivity index (χ1v) is 6.58. The number of para-hydroxylation sites is 2. The van der Waals surface area contributed by atoms with Gasteiger partial charge in [-0.2, -0.15) is 0 Å². The lowest BCUT2D eigenvalue weighted by molar-refractivity contribution is 0.210. The highest BCUT2D eigenvalue weighted by atomic mass is 35.5. The van der Waals surface area contributed by atoms with Gasteiger partial charge in [0.2, 0.25) is 0 Å². The molecule has 0 radical (unpaired) electrons. The van der Waals surface area contributed by atoms with E-state index in [1.54, 1.807) is 18.2 Å². The maximum absolute atomic E-state index is 11.9. The van der Waals surface area contributed by atoms with Crippen molar-refractivity contribution in [2.75, 3.05) is 4.31 Å². The van der Waals surface area contributed by atoms with Crippen LogP contribution in [0.25, 0.3) is 0 Å². The van der Waals surface area contributed by atoms with Crippen LogP contribution in [0.3, 0.4) is 0 Å². The van der Waals surface area contributed by atoms with Gasteiger partial charge in [-0.1, -0.05) is 48.1 Å². The van der Waals surface area contributed by atoms with Gasteiger partial charge in [-0.05, 0) is 30.3 Å². The van der Waals surface area contributed by atoms with Crippen LogP contribution in [0.2, 0.25) is 10.0 Å². The molecule has 2 aromatic carbocycles. The summed E-state index contributed by atoms with van der Waals surface area (Å²) in [5.74, 6) is -0.103. The summed E-state index contributed by atoms with van der Waals surface area (Å²) >= 11 is 15.7. The predicted molar refractivity (Wildman–Crippen MR) is 82.1 cm³/mol. The fourth-order valence-corrected chi connectivity index (χ4v) is 1.86. The molecule has 0 atom stereocenters. The van der Waals surface area contributed by atoms with E-state index in [9.17, 15) is 9.90 Å². The molecule has 0 spiro atoms. The number of phenolic OH excluding ortho intramolecular Hbond substituents is 1. The molecule has 0 aliphatic rings. The van der Waals surface area contributed by atoms with Gasteiger partial charge in [-0.3, -0.25) is 0 Å². The number of hydrogen-bond donors (Lipinski definition) is 2. The molecule has 20 heavy (non-hydrogen) atoms. The van der Waals surface area contributed by atoms with Gasteiger partial charge >= 0.3 is 6.09 Å². The van der Waals surface area contributed by atoms with Crippen molar-refractivity contribution in [3.8, 4) is 11.5 Å². The Bertz CT molecular complexity index is 651. The topological polar surface area (TPSA) is 49.8 Å². The zero-order chi connectivity index (χ0) is 14.7. The Kier molecular flexibility index (Phi) is 4.65. The van der Waals surface area contributed by atoms with Crippen LogP contribution in [0, 0.1) is 0 Å². The van der Waals surface area contributed by atoms with Gasteiger partial charge in [0.1, 0.15) is 0 Å². The number of thiol groups is 1. The Labute approximate surface area is 131 Å². The number of rotatable bonds is 2. The van der Waals surface area contributed by atoms with Crippen molar-refractivity contribution in [2.24, 2.45) is 0 Å². The molecule has 1 amide bonds. The van der Waals surface area contributed by atoms with Gasteiger partial charge in [0.25, 0.3) is 0 Å². The van der Waals surface area contributed by atoms with E-state index in [0.717, 1.165) is 4.31 Å². The first kappa shape index (κ1) is 14.8. The Morgan fingerprint density at radius 1 is 1.15 bits per heavy atom. The molecule has 1 N–H and O–H groups in total. The lowest BCUT2D eigenvalue weighted by Gasteiger charge is -2.16. The molecule has 7 heteroatoms. The molecule has 0 unspecified atom stereocenters. The van der Waals surface area contributed by atoms with Crippen LogP contribution in [0.1, 0.15) is 0 Å². The van der Waals surface area contributed by atoms with Crippen molar-refractivity contribution in [1.82, 2.24) is 0 Å². The van der Waals surface area contributed by atoms with Crippen LogP contribution in [0.15, 0.2) is 42.5 Å². The first-order valence-electron chi connectivity index (χ1n) is 5.43. The van der Waals surface area contributed by atoms with Crippen molar-refractivity contribution < 1.29 is 14.6 Å². The zero-order valence-corrected chi connectivity index (χ0v) is 12.4. The van der Waals surface area contributed by atoms with Gasteiger partial charge in [-0.25, -0.2) is 9.10 Å². The molecule has 2 rings (SSSR count). The number of nitrogens with zero attached hydrogens (tertiary/aromatic N) is 1. The summed E-state index contributed by atoms with van der Waals surface area (Å²) < 4.78 is 5.97. The standard InChI is InChI=1S/C13H9Cl2NO3S/c14-9-6-5-8(7-10(9)15)16(20)13(18)19-12-4-2-1-3-11(12)17/h1-7,17,20H. The summed E-state index contributed by atoms with van der Waals surface area (Å²) in [5.41, 5.74) is 0.392. The highest BCUT2D eigenvalue weighted by Gasteiger charge is 2.17. The Hall–Kier alpha value is -1.56. The fourth-order valence-electron chi connectivity index (χ4n) is 1.40. The molecular formula is C13H9Cl2NO3S. The largest absolute Gasteiger partial charge is 0.504 e. The Morgan fingerprint density at radius 3 is 2.50 bits per heavy atom. The molecule has 0 fully saturated rings. The van der Waals surface area contributed by atoms with E-state index >= 15 is 0 Å². The second-order valence-electron chi connectivity index (χ2n) is 3.75. The van der Waals surface area contributed by atoms with E-state index in [0.29, 0.717) is 15.7 Å². The molecule has 0 saturated carbocycles. The number of anilines is 1. The molecule has 0 aliphatic heterocycles. The number of ether oxygens (including phenoxy) is 1. The summed E-state index contributed by atoms with van der Waals surface area (Å²) in [6.07, 6.45) is -0.784. The highest BCUT2D eigenvalue weighted by molar-refractivity contribution is 7.82. The number of carbonyl (C=O) groups excluding carboxylic acids is 1.